The number of nitrogens with one attached hydrogen (secondary N) is 1. The minimum atomic E-state index is -0.502. The van der Waals surface area contributed by atoms with Crippen molar-refractivity contribution in [1.29, 1.82) is 5.26 Å². The molecule has 0 aliphatic carbocycles. The van der Waals surface area contributed by atoms with Gasteiger partial charge in [0.15, 0.2) is 5.16 Å². The maximum atomic E-state index is 12.5. The van der Waals surface area contributed by atoms with Crippen LogP contribution in [-0.4, -0.2) is 34.2 Å². The molecular weight excluding hydrogens is 444 g/mol. The third-order valence-electron chi connectivity index (χ3n) is 4.49. The van der Waals surface area contributed by atoms with Crippen LogP contribution in [0, 0.1) is 32.1 Å². The van der Waals surface area contributed by atoms with E-state index in [2.05, 4.69) is 21.4 Å². The average Bonchev–Trinajstić information content (AvgIpc) is 3.07. The molecule has 1 N–H and O–H groups in total. The number of carbonyl (C=O) groups is 2. The summed E-state index contributed by atoms with van der Waals surface area (Å²) in [4.78, 5) is 33.9. The van der Waals surface area contributed by atoms with Gasteiger partial charge in [-0.25, -0.2) is 14.8 Å². The molecule has 1 amide bonds. The Labute approximate surface area is 194 Å². The lowest BCUT2D eigenvalue weighted by molar-refractivity contribution is -0.113. The Balaban J connectivity index is 1.72. The summed E-state index contributed by atoms with van der Waals surface area (Å²) in [5.41, 5.74) is 4.51. The van der Waals surface area contributed by atoms with E-state index in [0.717, 1.165) is 33.9 Å². The standard InChI is InChI=1S/C23H22N4O3S2/c1-5-30-22(29)20-15(4)17(11-24)21(32-20)27-19(28)12-31-23-25-14(3)10-18(26-23)16-8-6-13(2)7-9-16/h6-10H,5,12H2,1-4H3,(H,27,28). The molecular formula is C23H22N4O3S2. The lowest BCUT2D eigenvalue weighted by atomic mass is 10.1. The van der Waals surface area contributed by atoms with Crippen LogP contribution in [0.3, 0.4) is 0 Å². The highest BCUT2D eigenvalue weighted by Gasteiger charge is 2.22. The first-order valence-electron chi connectivity index (χ1n) is 9.88. The van der Waals surface area contributed by atoms with Crippen molar-refractivity contribution >= 4 is 40.0 Å². The van der Waals surface area contributed by atoms with E-state index in [9.17, 15) is 14.9 Å². The summed E-state index contributed by atoms with van der Waals surface area (Å²) < 4.78 is 5.03. The van der Waals surface area contributed by atoms with E-state index in [4.69, 9.17) is 4.74 Å². The molecule has 0 aliphatic rings. The fourth-order valence-electron chi connectivity index (χ4n) is 2.90. The van der Waals surface area contributed by atoms with Crippen molar-refractivity contribution in [1.82, 2.24) is 9.97 Å². The lowest BCUT2D eigenvalue weighted by Gasteiger charge is -2.07. The molecule has 0 bridgehead atoms. The number of aryl methyl sites for hydroxylation is 2. The van der Waals surface area contributed by atoms with Gasteiger partial charge in [0.1, 0.15) is 15.9 Å². The van der Waals surface area contributed by atoms with Crippen LogP contribution in [0.2, 0.25) is 0 Å². The van der Waals surface area contributed by atoms with E-state index < -0.39 is 5.97 Å². The molecule has 9 heteroatoms. The third-order valence-corrected chi connectivity index (χ3v) is 6.52. The number of esters is 1. The van der Waals surface area contributed by atoms with E-state index in [1.165, 1.54) is 11.8 Å². The number of benzene rings is 1. The molecule has 2 heterocycles. The second-order valence-electron chi connectivity index (χ2n) is 6.97. The first-order chi connectivity index (χ1) is 15.3. The highest BCUT2D eigenvalue weighted by Crippen LogP contribution is 2.33. The number of hydrogen-bond donors (Lipinski definition) is 1. The van der Waals surface area contributed by atoms with Gasteiger partial charge in [-0.05, 0) is 39.3 Å². The van der Waals surface area contributed by atoms with E-state index in [1.807, 2.05) is 44.2 Å². The highest BCUT2D eigenvalue weighted by molar-refractivity contribution is 7.99. The molecule has 3 aromatic rings. The second-order valence-corrected chi connectivity index (χ2v) is 8.94. The first kappa shape index (κ1) is 23.4. The van der Waals surface area contributed by atoms with Gasteiger partial charge in [-0.1, -0.05) is 41.6 Å². The summed E-state index contributed by atoms with van der Waals surface area (Å²) in [6.45, 7) is 7.52. The van der Waals surface area contributed by atoms with E-state index in [1.54, 1.807) is 13.8 Å². The molecule has 0 atom stereocenters. The van der Waals surface area contributed by atoms with Gasteiger partial charge in [0.2, 0.25) is 5.91 Å². The van der Waals surface area contributed by atoms with Crippen molar-refractivity contribution < 1.29 is 14.3 Å². The SMILES string of the molecule is CCOC(=O)c1sc(NC(=O)CSc2nc(C)cc(-c3ccc(C)cc3)n2)c(C#N)c1C. The zero-order valence-corrected chi connectivity index (χ0v) is 19.8. The molecule has 3 rings (SSSR count). The van der Waals surface area contributed by atoms with Gasteiger partial charge in [0, 0.05) is 11.3 Å². The van der Waals surface area contributed by atoms with Crippen LogP contribution in [0.25, 0.3) is 11.3 Å². The van der Waals surface area contributed by atoms with Crippen molar-refractivity contribution in [3.63, 3.8) is 0 Å². The predicted octanol–water partition coefficient (Wildman–Crippen LogP) is 4.91. The van der Waals surface area contributed by atoms with E-state index >= 15 is 0 Å². The molecule has 1 aromatic carbocycles. The van der Waals surface area contributed by atoms with Crippen molar-refractivity contribution in [2.45, 2.75) is 32.9 Å². The number of thioether (sulfide) groups is 1. The maximum absolute atomic E-state index is 12.5. The number of aromatic nitrogens is 2. The Morgan fingerprint density at radius 1 is 1.19 bits per heavy atom. The number of ether oxygens (including phenoxy) is 1. The molecule has 164 valence electrons. The summed E-state index contributed by atoms with van der Waals surface area (Å²) in [7, 11) is 0. The number of carbonyl (C=O) groups excluding carboxylic acids is 2. The quantitative estimate of drug-likeness (QED) is 0.300. The monoisotopic (exact) mass is 466 g/mol. The van der Waals surface area contributed by atoms with Crippen molar-refractivity contribution in [2.75, 3.05) is 17.7 Å². The van der Waals surface area contributed by atoms with Crippen LogP contribution >= 0.6 is 23.1 Å². The van der Waals surface area contributed by atoms with Gasteiger partial charge in [-0.3, -0.25) is 4.79 Å². The topological polar surface area (TPSA) is 105 Å². The summed E-state index contributed by atoms with van der Waals surface area (Å²) in [6.07, 6.45) is 0. The minimum absolute atomic E-state index is 0.0628. The Kier molecular flexibility index (Phi) is 7.62. The molecule has 7 nitrogen and oxygen atoms in total. The molecule has 0 spiro atoms. The van der Waals surface area contributed by atoms with Crippen LogP contribution in [0.5, 0.6) is 0 Å². The Bertz CT molecular complexity index is 1200. The summed E-state index contributed by atoms with van der Waals surface area (Å²) in [6, 6.07) is 12.0. The third kappa shape index (κ3) is 5.52. The molecule has 0 radical (unpaired) electrons. The molecule has 0 unspecified atom stereocenters. The van der Waals surface area contributed by atoms with E-state index in [-0.39, 0.29) is 23.8 Å². The molecule has 32 heavy (non-hydrogen) atoms. The van der Waals surface area contributed by atoms with Crippen molar-refractivity contribution in [3.05, 3.63) is 57.6 Å². The maximum Gasteiger partial charge on any atom is 0.348 e. The Morgan fingerprint density at radius 3 is 2.56 bits per heavy atom. The number of rotatable bonds is 7. The minimum Gasteiger partial charge on any atom is -0.462 e. The van der Waals surface area contributed by atoms with Gasteiger partial charge >= 0.3 is 5.97 Å². The predicted molar refractivity (Wildman–Crippen MR) is 126 cm³/mol. The van der Waals surface area contributed by atoms with Gasteiger partial charge in [0.25, 0.3) is 0 Å². The van der Waals surface area contributed by atoms with Crippen LogP contribution in [0.15, 0.2) is 35.5 Å². The lowest BCUT2D eigenvalue weighted by Crippen LogP contribution is -2.14. The van der Waals surface area contributed by atoms with Gasteiger partial charge in [0.05, 0.1) is 23.6 Å². The second kappa shape index (κ2) is 10.4. The molecule has 0 aliphatic heterocycles. The van der Waals surface area contributed by atoms with Crippen molar-refractivity contribution in [3.8, 4) is 17.3 Å². The molecule has 0 saturated heterocycles. The van der Waals surface area contributed by atoms with E-state index in [0.29, 0.717) is 20.6 Å². The normalized spacial score (nSPS) is 10.5. The fourth-order valence-corrected chi connectivity index (χ4v) is 4.67. The summed E-state index contributed by atoms with van der Waals surface area (Å²) >= 11 is 2.25. The van der Waals surface area contributed by atoms with Gasteiger partial charge in [-0.2, -0.15) is 5.26 Å². The van der Waals surface area contributed by atoms with Crippen LogP contribution in [0.4, 0.5) is 5.00 Å². The number of hydrogen-bond acceptors (Lipinski definition) is 8. The average molecular weight is 467 g/mol. The number of anilines is 1. The summed E-state index contributed by atoms with van der Waals surface area (Å²) in [5, 5.41) is 13.0. The smallest absolute Gasteiger partial charge is 0.348 e. The number of amides is 1. The van der Waals surface area contributed by atoms with Crippen LogP contribution in [-0.2, 0) is 9.53 Å². The molecule has 2 aromatic heterocycles. The van der Waals surface area contributed by atoms with Crippen LogP contribution in [0.1, 0.15) is 39.0 Å². The van der Waals surface area contributed by atoms with Crippen LogP contribution < -0.4 is 5.32 Å². The largest absolute Gasteiger partial charge is 0.462 e. The zero-order chi connectivity index (χ0) is 23.3. The zero-order valence-electron chi connectivity index (χ0n) is 18.2. The van der Waals surface area contributed by atoms with Gasteiger partial charge < -0.3 is 10.1 Å². The highest BCUT2D eigenvalue weighted by atomic mass is 32.2. The van der Waals surface area contributed by atoms with Gasteiger partial charge in [-0.15, -0.1) is 11.3 Å². The Hall–Kier alpha value is -3.22. The molecule has 0 saturated carbocycles. The number of thiophene rings is 1. The number of nitrogens with zero attached hydrogens (tertiary/aromatic N) is 3. The first-order valence-corrected chi connectivity index (χ1v) is 11.7. The Morgan fingerprint density at radius 2 is 1.91 bits per heavy atom. The fraction of sp³-hybridized carbons (Fsp3) is 0.261. The molecule has 0 fully saturated rings. The number of nitriles is 1. The van der Waals surface area contributed by atoms with Crippen molar-refractivity contribution in [2.24, 2.45) is 0 Å². The summed E-state index contributed by atoms with van der Waals surface area (Å²) in [5.74, 6) is -0.754.